The average molecular weight is 330 g/mol. The number of methoxy groups -OCH3 is 1. The third kappa shape index (κ3) is 2.96. The molecule has 0 radical (unpaired) electrons. The molecule has 3 rings (SSSR count). The van der Waals surface area contributed by atoms with Gasteiger partial charge in [0.1, 0.15) is 5.75 Å². The lowest BCUT2D eigenvalue weighted by atomic mass is 10.0. The van der Waals surface area contributed by atoms with Gasteiger partial charge in [-0.25, -0.2) is 13.6 Å². The smallest absolute Gasteiger partial charge is 0.256 e. The van der Waals surface area contributed by atoms with Crippen LogP contribution in [0, 0.1) is 0 Å². The number of benzene rings is 2. The molecular formula is C16H14N2O4S. The Kier molecular flexibility index (Phi) is 3.67. The molecule has 0 aliphatic carbocycles. The van der Waals surface area contributed by atoms with E-state index in [9.17, 15) is 13.2 Å². The number of hydrogen-bond donors (Lipinski definition) is 2. The normalized spacial score (nSPS) is 15.4. The summed E-state index contributed by atoms with van der Waals surface area (Å²) in [7, 11) is -2.28. The van der Waals surface area contributed by atoms with Crippen molar-refractivity contribution in [1.82, 2.24) is 0 Å². The Balaban J connectivity index is 2.12. The molecule has 1 amide bonds. The van der Waals surface area contributed by atoms with Crippen LogP contribution in [0.3, 0.4) is 0 Å². The molecule has 0 spiro atoms. The molecule has 2 aromatic rings. The molecule has 0 aromatic heterocycles. The number of fused-ring (bicyclic) bond motifs is 1. The van der Waals surface area contributed by atoms with E-state index in [1.165, 1.54) is 18.2 Å². The maximum atomic E-state index is 12.2. The van der Waals surface area contributed by atoms with Crippen LogP contribution in [0.25, 0.3) is 11.6 Å². The van der Waals surface area contributed by atoms with Crippen molar-refractivity contribution < 1.29 is 17.9 Å². The van der Waals surface area contributed by atoms with Crippen LogP contribution in [-0.4, -0.2) is 21.4 Å². The van der Waals surface area contributed by atoms with Crippen molar-refractivity contribution in [2.24, 2.45) is 5.14 Å². The Morgan fingerprint density at radius 2 is 1.96 bits per heavy atom. The van der Waals surface area contributed by atoms with Gasteiger partial charge in [0.15, 0.2) is 0 Å². The zero-order chi connectivity index (χ0) is 16.6. The van der Waals surface area contributed by atoms with Crippen molar-refractivity contribution in [3.63, 3.8) is 0 Å². The number of carbonyl (C=O) groups excluding carboxylic acids is 1. The van der Waals surface area contributed by atoms with Crippen molar-refractivity contribution in [2.45, 2.75) is 4.90 Å². The van der Waals surface area contributed by atoms with E-state index in [4.69, 9.17) is 9.88 Å². The highest BCUT2D eigenvalue weighted by Crippen LogP contribution is 2.34. The summed E-state index contributed by atoms with van der Waals surface area (Å²) in [6, 6.07) is 11.5. The Morgan fingerprint density at radius 3 is 2.65 bits per heavy atom. The molecule has 0 bridgehead atoms. The van der Waals surface area contributed by atoms with E-state index in [1.807, 2.05) is 6.07 Å². The van der Waals surface area contributed by atoms with Gasteiger partial charge in [-0.2, -0.15) is 0 Å². The summed E-state index contributed by atoms with van der Waals surface area (Å²) in [5.74, 6) is 0.366. The number of nitrogens with one attached hydrogen (secondary N) is 1. The molecule has 0 unspecified atom stereocenters. The predicted molar refractivity (Wildman–Crippen MR) is 87.3 cm³/mol. The predicted octanol–water partition coefficient (Wildman–Crippen LogP) is 1.84. The largest absolute Gasteiger partial charge is 0.497 e. The topological polar surface area (TPSA) is 98.5 Å². The number of sulfonamides is 1. The second kappa shape index (κ2) is 5.53. The Labute approximate surface area is 133 Å². The van der Waals surface area contributed by atoms with Gasteiger partial charge in [0, 0.05) is 16.8 Å². The fraction of sp³-hybridized carbons (Fsp3) is 0.0625. The molecule has 0 fully saturated rings. The first kappa shape index (κ1) is 15.3. The Bertz CT molecular complexity index is 933. The van der Waals surface area contributed by atoms with Gasteiger partial charge in [-0.3, -0.25) is 4.79 Å². The lowest BCUT2D eigenvalue weighted by molar-refractivity contribution is -0.110. The van der Waals surface area contributed by atoms with E-state index >= 15 is 0 Å². The summed E-state index contributed by atoms with van der Waals surface area (Å²) in [4.78, 5) is 12.1. The van der Waals surface area contributed by atoms with Gasteiger partial charge >= 0.3 is 0 Å². The van der Waals surface area contributed by atoms with Crippen LogP contribution < -0.4 is 15.2 Å². The molecule has 1 aliphatic heterocycles. The zero-order valence-corrected chi connectivity index (χ0v) is 13.1. The third-order valence-corrected chi connectivity index (χ3v) is 4.42. The molecule has 2 aromatic carbocycles. The monoisotopic (exact) mass is 330 g/mol. The molecule has 7 heteroatoms. The van der Waals surface area contributed by atoms with Crippen molar-refractivity contribution in [2.75, 3.05) is 12.4 Å². The molecule has 0 saturated carbocycles. The molecule has 118 valence electrons. The van der Waals surface area contributed by atoms with Gasteiger partial charge in [-0.1, -0.05) is 12.1 Å². The highest BCUT2D eigenvalue weighted by Gasteiger charge is 2.25. The van der Waals surface area contributed by atoms with Gasteiger partial charge in [0.2, 0.25) is 10.0 Å². The minimum absolute atomic E-state index is 0.0377. The maximum Gasteiger partial charge on any atom is 0.256 e. The number of primary sulfonamides is 1. The summed E-state index contributed by atoms with van der Waals surface area (Å²) in [6.45, 7) is 0. The lowest BCUT2D eigenvalue weighted by Gasteiger charge is -2.03. The van der Waals surface area contributed by atoms with Gasteiger partial charge in [-0.15, -0.1) is 0 Å². The van der Waals surface area contributed by atoms with E-state index in [0.29, 0.717) is 22.6 Å². The second-order valence-electron chi connectivity index (χ2n) is 5.04. The first-order valence-electron chi connectivity index (χ1n) is 6.73. The third-order valence-electron chi connectivity index (χ3n) is 3.51. The number of anilines is 1. The minimum atomic E-state index is -3.84. The fourth-order valence-corrected chi connectivity index (χ4v) is 2.93. The molecule has 3 N–H and O–H groups in total. The summed E-state index contributed by atoms with van der Waals surface area (Å²) in [5, 5.41) is 7.85. The summed E-state index contributed by atoms with van der Waals surface area (Å²) in [5.41, 5.74) is 2.20. The molecule has 1 heterocycles. The Hall–Kier alpha value is -2.64. The van der Waals surface area contributed by atoms with E-state index in [2.05, 4.69) is 5.32 Å². The van der Waals surface area contributed by atoms with Crippen LogP contribution in [-0.2, 0) is 14.8 Å². The molecule has 1 aliphatic rings. The number of nitrogens with two attached hydrogens (primary N) is 1. The van der Waals surface area contributed by atoms with Crippen molar-refractivity contribution >= 4 is 33.3 Å². The molecule has 0 saturated heterocycles. The quantitative estimate of drug-likeness (QED) is 0.839. The van der Waals surface area contributed by atoms with Crippen LogP contribution in [0.2, 0.25) is 0 Å². The molecule has 6 nitrogen and oxygen atoms in total. The van der Waals surface area contributed by atoms with Crippen LogP contribution in [0.4, 0.5) is 5.69 Å². The first-order chi connectivity index (χ1) is 10.9. The van der Waals surface area contributed by atoms with Crippen LogP contribution in [0.1, 0.15) is 11.1 Å². The number of ether oxygens (including phenoxy) is 1. The minimum Gasteiger partial charge on any atom is -0.497 e. The second-order valence-corrected chi connectivity index (χ2v) is 6.60. The highest BCUT2D eigenvalue weighted by molar-refractivity contribution is 7.89. The van der Waals surface area contributed by atoms with Gasteiger partial charge in [0.05, 0.1) is 12.0 Å². The SMILES string of the molecule is COc1cccc(/C=C2\C(=O)Nc3ccc(S(N)(=O)=O)cc32)c1. The van der Waals surface area contributed by atoms with Crippen LogP contribution in [0.15, 0.2) is 47.4 Å². The fourth-order valence-electron chi connectivity index (χ4n) is 2.39. The summed E-state index contributed by atoms with van der Waals surface area (Å²) >= 11 is 0. The highest BCUT2D eigenvalue weighted by atomic mass is 32.2. The lowest BCUT2D eigenvalue weighted by Crippen LogP contribution is -2.12. The molecule has 23 heavy (non-hydrogen) atoms. The van der Waals surface area contributed by atoms with Gasteiger partial charge < -0.3 is 10.1 Å². The van der Waals surface area contributed by atoms with Crippen molar-refractivity contribution in [1.29, 1.82) is 0 Å². The average Bonchev–Trinajstić information content (AvgIpc) is 2.82. The maximum absolute atomic E-state index is 12.2. The standard InChI is InChI=1S/C16H14N2O4S/c1-22-11-4-2-3-10(7-11)8-14-13-9-12(23(17,20)21)5-6-15(13)18-16(14)19/h2-9H,1H3,(H,18,19)(H2,17,20,21)/b14-8-. The number of hydrogen-bond acceptors (Lipinski definition) is 4. The summed E-state index contributed by atoms with van der Waals surface area (Å²) in [6.07, 6.45) is 1.68. The van der Waals surface area contributed by atoms with Crippen molar-refractivity contribution in [3.05, 3.63) is 53.6 Å². The van der Waals surface area contributed by atoms with E-state index in [-0.39, 0.29) is 10.8 Å². The van der Waals surface area contributed by atoms with Crippen LogP contribution >= 0.6 is 0 Å². The first-order valence-corrected chi connectivity index (χ1v) is 8.27. The summed E-state index contributed by atoms with van der Waals surface area (Å²) < 4.78 is 28.2. The van der Waals surface area contributed by atoms with Crippen LogP contribution in [0.5, 0.6) is 5.75 Å². The van der Waals surface area contributed by atoms with Crippen molar-refractivity contribution in [3.8, 4) is 5.75 Å². The van der Waals surface area contributed by atoms with Gasteiger partial charge in [-0.05, 0) is 42.0 Å². The van der Waals surface area contributed by atoms with E-state index < -0.39 is 10.0 Å². The van der Waals surface area contributed by atoms with Gasteiger partial charge in [0.25, 0.3) is 5.91 Å². The Morgan fingerprint density at radius 1 is 1.17 bits per heavy atom. The van der Waals surface area contributed by atoms with E-state index in [0.717, 1.165) is 5.56 Å². The zero-order valence-electron chi connectivity index (χ0n) is 12.2. The number of rotatable bonds is 3. The number of amides is 1. The number of carbonyl (C=O) groups is 1. The molecule has 0 atom stereocenters. The van der Waals surface area contributed by atoms with E-state index in [1.54, 1.807) is 31.4 Å². The molecular weight excluding hydrogens is 316 g/mol.